The number of nitro benzene ring substituents is 1. The van der Waals surface area contributed by atoms with Gasteiger partial charge in [0, 0.05) is 24.2 Å². The third-order valence-electron chi connectivity index (χ3n) is 3.73. The number of nitro groups is 1. The van der Waals surface area contributed by atoms with Gasteiger partial charge in [0.05, 0.1) is 9.82 Å². The Morgan fingerprint density at radius 1 is 1.14 bits per heavy atom. The minimum Gasteiger partial charge on any atom is -0.326 e. The Labute approximate surface area is 123 Å². The van der Waals surface area contributed by atoms with Gasteiger partial charge in [-0.3, -0.25) is 10.1 Å². The van der Waals surface area contributed by atoms with Crippen molar-refractivity contribution in [3.63, 3.8) is 0 Å². The number of nitrogens with one attached hydrogen (secondary N) is 1. The van der Waals surface area contributed by atoms with Crippen molar-refractivity contribution in [1.29, 1.82) is 0 Å². The molecule has 1 aromatic carbocycles. The quantitative estimate of drug-likeness (QED) is 0.497. The predicted octanol–water partition coefficient (Wildman–Crippen LogP) is 1.53. The first kappa shape index (κ1) is 15.9. The molecule has 0 radical (unpaired) electrons. The number of benzene rings is 1. The second-order valence-electron chi connectivity index (χ2n) is 5.28. The zero-order chi connectivity index (χ0) is 15.5. The Hall–Kier alpha value is -1.51. The Morgan fingerprint density at radius 2 is 1.76 bits per heavy atom. The molecule has 1 fully saturated rings. The topological polar surface area (TPSA) is 115 Å². The molecule has 21 heavy (non-hydrogen) atoms. The van der Waals surface area contributed by atoms with E-state index in [1.807, 2.05) is 0 Å². The van der Waals surface area contributed by atoms with Crippen LogP contribution < -0.4 is 10.5 Å². The van der Waals surface area contributed by atoms with E-state index in [4.69, 9.17) is 5.73 Å². The summed E-state index contributed by atoms with van der Waals surface area (Å²) >= 11 is 0. The van der Waals surface area contributed by atoms with Crippen molar-refractivity contribution in [2.45, 2.75) is 49.1 Å². The van der Waals surface area contributed by atoms with E-state index in [1.165, 1.54) is 24.3 Å². The van der Waals surface area contributed by atoms with Gasteiger partial charge in [0.15, 0.2) is 0 Å². The van der Waals surface area contributed by atoms with Gasteiger partial charge >= 0.3 is 0 Å². The molecule has 0 spiro atoms. The molecule has 8 heteroatoms. The molecule has 0 saturated heterocycles. The van der Waals surface area contributed by atoms with E-state index < -0.39 is 14.9 Å². The highest BCUT2D eigenvalue weighted by Gasteiger charge is 2.26. The number of nitrogens with two attached hydrogens (primary N) is 1. The Bertz CT molecular complexity index is 600. The normalized spacial score (nSPS) is 23.5. The van der Waals surface area contributed by atoms with Crippen LogP contribution in [-0.4, -0.2) is 25.4 Å². The second kappa shape index (κ2) is 6.50. The van der Waals surface area contributed by atoms with Gasteiger partial charge in [-0.25, -0.2) is 13.1 Å². The average Bonchev–Trinajstić information content (AvgIpc) is 2.64. The Kier molecular flexibility index (Phi) is 4.92. The van der Waals surface area contributed by atoms with Gasteiger partial charge in [-0.15, -0.1) is 0 Å². The maximum absolute atomic E-state index is 12.3. The molecule has 116 valence electrons. The van der Waals surface area contributed by atoms with Crippen LogP contribution in [0.25, 0.3) is 0 Å². The summed E-state index contributed by atoms with van der Waals surface area (Å²) in [6.07, 6.45) is 4.53. The number of non-ortho nitro benzene ring substituents is 1. The molecule has 0 unspecified atom stereocenters. The molecular formula is C13H19N3O4S. The smallest absolute Gasteiger partial charge is 0.269 e. The van der Waals surface area contributed by atoms with Gasteiger partial charge in [0.1, 0.15) is 0 Å². The summed E-state index contributed by atoms with van der Waals surface area (Å²) in [7, 11) is -3.70. The average molecular weight is 313 g/mol. The van der Waals surface area contributed by atoms with E-state index >= 15 is 0 Å². The first-order valence-electron chi connectivity index (χ1n) is 6.92. The van der Waals surface area contributed by atoms with Crippen molar-refractivity contribution < 1.29 is 13.3 Å². The van der Waals surface area contributed by atoms with Crippen LogP contribution in [0.3, 0.4) is 0 Å². The molecule has 1 aromatic rings. The zero-order valence-electron chi connectivity index (χ0n) is 11.6. The van der Waals surface area contributed by atoms with Gasteiger partial charge in [-0.2, -0.15) is 0 Å². The number of rotatable bonds is 4. The highest BCUT2D eigenvalue weighted by atomic mass is 32.2. The van der Waals surface area contributed by atoms with Crippen molar-refractivity contribution >= 4 is 15.7 Å². The van der Waals surface area contributed by atoms with Crippen molar-refractivity contribution in [3.8, 4) is 0 Å². The number of sulfonamides is 1. The van der Waals surface area contributed by atoms with Crippen molar-refractivity contribution in [3.05, 3.63) is 34.4 Å². The fraction of sp³-hybridized carbons (Fsp3) is 0.538. The summed E-state index contributed by atoms with van der Waals surface area (Å²) in [6, 6.07) is 4.36. The molecule has 1 aliphatic rings. The molecule has 2 atom stereocenters. The molecule has 0 amide bonds. The van der Waals surface area contributed by atoms with Crippen LogP contribution in [0.2, 0.25) is 0 Å². The molecule has 0 bridgehead atoms. The summed E-state index contributed by atoms with van der Waals surface area (Å²) in [5.41, 5.74) is 5.87. The molecule has 1 aliphatic carbocycles. The zero-order valence-corrected chi connectivity index (χ0v) is 12.4. The van der Waals surface area contributed by atoms with E-state index in [0.29, 0.717) is 6.42 Å². The van der Waals surface area contributed by atoms with Crippen LogP contribution in [0.5, 0.6) is 0 Å². The number of hydrogen-bond acceptors (Lipinski definition) is 5. The highest BCUT2D eigenvalue weighted by Crippen LogP contribution is 2.20. The van der Waals surface area contributed by atoms with E-state index in [0.717, 1.165) is 25.7 Å². The summed E-state index contributed by atoms with van der Waals surface area (Å²) in [4.78, 5) is 10.0. The second-order valence-corrected chi connectivity index (χ2v) is 6.99. The van der Waals surface area contributed by atoms with E-state index in [9.17, 15) is 18.5 Å². The van der Waals surface area contributed by atoms with E-state index in [1.54, 1.807) is 0 Å². The Morgan fingerprint density at radius 3 is 2.38 bits per heavy atom. The number of nitrogens with zero attached hydrogens (tertiary/aromatic N) is 1. The summed E-state index contributed by atoms with van der Waals surface area (Å²) < 4.78 is 27.2. The maximum Gasteiger partial charge on any atom is 0.269 e. The maximum atomic E-state index is 12.3. The van der Waals surface area contributed by atoms with Crippen molar-refractivity contribution in [2.75, 3.05) is 0 Å². The minimum atomic E-state index is -3.70. The van der Waals surface area contributed by atoms with Crippen LogP contribution in [0.1, 0.15) is 32.1 Å². The van der Waals surface area contributed by atoms with Crippen LogP contribution in [0.4, 0.5) is 5.69 Å². The first-order chi connectivity index (χ1) is 9.90. The molecule has 3 N–H and O–H groups in total. The molecule has 2 rings (SSSR count). The first-order valence-corrected chi connectivity index (χ1v) is 8.41. The minimum absolute atomic E-state index is 0.0181. The molecular weight excluding hydrogens is 294 g/mol. The molecule has 7 nitrogen and oxygen atoms in total. The van der Waals surface area contributed by atoms with Gasteiger partial charge in [-0.05, 0) is 25.0 Å². The third kappa shape index (κ3) is 3.99. The van der Waals surface area contributed by atoms with Gasteiger partial charge in [0.25, 0.3) is 5.69 Å². The lowest BCUT2D eigenvalue weighted by Gasteiger charge is -2.22. The fourth-order valence-electron chi connectivity index (χ4n) is 2.50. The molecule has 0 aromatic heterocycles. The monoisotopic (exact) mass is 313 g/mol. The van der Waals surface area contributed by atoms with Crippen molar-refractivity contribution in [2.24, 2.45) is 5.73 Å². The molecule has 0 heterocycles. The van der Waals surface area contributed by atoms with E-state index in [-0.39, 0.29) is 22.7 Å². The summed E-state index contributed by atoms with van der Waals surface area (Å²) in [5, 5.41) is 10.6. The molecule has 1 saturated carbocycles. The summed E-state index contributed by atoms with van der Waals surface area (Å²) in [6.45, 7) is 0. The van der Waals surface area contributed by atoms with Crippen molar-refractivity contribution in [1.82, 2.24) is 4.72 Å². The van der Waals surface area contributed by atoms with Gasteiger partial charge < -0.3 is 5.73 Å². The third-order valence-corrected chi connectivity index (χ3v) is 5.24. The largest absolute Gasteiger partial charge is 0.326 e. The standard InChI is InChI=1S/C13H19N3O4S/c14-12-4-2-1-3-5-13(12)15-21(19,20)11-8-6-10(7-9-11)16(17)18/h6-9,12-13,15H,1-5,14H2/t12-,13-/m1/s1. The summed E-state index contributed by atoms with van der Waals surface area (Å²) in [5.74, 6) is 0. The lowest BCUT2D eigenvalue weighted by molar-refractivity contribution is -0.384. The van der Waals surface area contributed by atoms with Crippen LogP contribution in [0.15, 0.2) is 29.2 Å². The molecule has 0 aliphatic heterocycles. The van der Waals surface area contributed by atoms with E-state index in [2.05, 4.69) is 4.72 Å². The highest BCUT2D eigenvalue weighted by molar-refractivity contribution is 7.89. The van der Waals surface area contributed by atoms with Crippen LogP contribution in [-0.2, 0) is 10.0 Å². The lowest BCUT2D eigenvalue weighted by Crippen LogP contribution is -2.46. The van der Waals surface area contributed by atoms with Gasteiger partial charge in [0.2, 0.25) is 10.0 Å². The van der Waals surface area contributed by atoms with Crippen LogP contribution in [0, 0.1) is 10.1 Å². The fourth-order valence-corrected chi connectivity index (χ4v) is 3.82. The lowest BCUT2D eigenvalue weighted by atomic mass is 10.1. The predicted molar refractivity (Wildman–Crippen MR) is 78.3 cm³/mol. The number of hydrogen-bond donors (Lipinski definition) is 2. The van der Waals surface area contributed by atoms with Crippen LogP contribution >= 0.6 is 0 Å². The Balaban J connectivity index is 2.15. The SMILES string of the molecule is N[C@@H]1CCCCC[C@H]1NS(=O)(=O)c1ccc([N+](=O)[O-])cc1. The van der Waals surface area contributed by atoms with Gasteiger partial charge in [-0.1, -0.05) is 19.3 Å².